The zero-order chi connectivity index (χ0) is 10.2. The molecule has 14 heavy (non-hydrogen) atoms. The van der Waals surface area contributed by atoms with E-state index in [1.165, 1.54) is 12.0 Å². The molecule has 0 amide bonds. The van der Waals surface area contributed by atoms with E-state index in [0.717, 1.165) is 24.8 Å². The highest BCUT2D eigenvalue weighted by molar-refractivity contribution is 5.35. The van der Waals surface area contributed by atoms with Crippen LogP contribution in [0.25, 0.3) is 0 Å². The fourth-order valence-electron chi connectivity index (χ4n) is 1.95. The topological polar surface area (TPSA) is 64.3 Å². The second kappa shape index (κ2) is 3.35. The minimum Gasteiger partial charge on any atom is -0.349 e. The maximum atomic E-state index is 9.11. The summed E-state index contributed by atoms with van der Waals surface area (Å²) in [5.41, 5.74) is 9.81. The molecule has 0 bridgehead atoms. The van der Waals surface area contributed by atoms with Crippen LogP contribution in [-0.2, 0) is 18.8 Å². The van der Waals surface area contributed by atoms with Crippen molar-refractivity contribution in [2.24, 2.45) is 0 Å². The van der Waals surface area contributed by atoms with Crippen molar-refractivity contribution in [3.8, 4) is 0 Å². The summed E-state index contributed by atoms with van der Waals surface area (Å²) in [6, 6.07) is 5.26. The number of fused-ring (bicyclic) bond motifs is 1. The summed E-state index contributed by atoms with van der Waals surface area (Å²) in [5, 5.41) is 18.2. The van der Waals surface area contributed by atoms with Crippen LogP contribution in [0.15, 0.2) is 18.2 Å². The van der Waals surface area contributed by atoms with Crippen LogP contribution in [0.3, 0.4) is 0 Å². The van der Waals surface area contributed by atoms with Crippen LogP contribution in [0.4, 0.5) is 0 Å². The Morgan fingerprint density at radius 3 is 2.36 bits per heavy atom. The van der Waals surface area contributed by atoms with E-state index >= 15 is 0 Å². The van der Waals surface area contributed by atoms with E-state index in [1.54, 1.807) is 12.1 Å². The first-order chi connectivity index (χ1) is 6.57. The molecule has 0 atom stereocenters. The molecule has 1 aromatic carbocycles. The number of hydrogen-bond donors (Lipinski definition) is 2. The van der Waals surface area contributed by atoms with Gasteiger partial charge in [0.05, 0.1) is 0 Å². The van der Waals surface area contributed by atoms with Gasteiger partial charge in [-0.15, -0.1) is 0 Å². The SMILES string of the molecule is [NH]C(O)(O)c1ccc2c(c1)CCCC2. The van der Waals surface area contributed by atoms with Crippen molar-refractivity contribution in [3.05, 3.63) is 34.9 Å². The average molecular weight is 192 g/mol. The molecule has 0 unspecified atom stereocenters. The molecule has 0 heterocycles. The van der Waals surface area contributed by atoms with Gasteiger partial charge in [0.1, 0.15) is 0 Å². The third-order valence-electron chi connectivity index (χ3n) is 2.75. The van der Waals surface area contributed by atoms with Crippen molar-refractivity contribution in [2.45, 2.75) is 31.6 Å². The number of benzene rings is 1. The zero-order valence-corrected chi connectivity index (χ0v) is 7.95. The Morgan fingerprint density at radius 1 is 1.07 bits per heavy atom. The average Bonchev–Trinajstić information content (AvgIpc) is 2.16. The fraction of sp³-hybridized carbons (Fsp3) is 0.455. The minimum absolute atomic E-state index is 0.262. The largest absolute Gasteiger partial charge is 0.349 e. The molecule has 1 radical (unpaired) electrons. The van der Waals surface area contributed by atoms with Crippen molar-refractivity contribution in [3.63, 3.8) is 0 Å². The number of aliphatic hydroxyl groups is 2. The normalized spacial score (nSPS) is 16.5. The van der Waals surface area contributed by atoms with Gasteiger partial charge in [0.25, 0.3) is 5.91 Å². The summed E-state index contributed by atoms with van der Waals surface area (Å²) in [5.74, 6) is -2.45. The van der Waals surface area contributed by atoms with Gasteiger partial charge in [-0.3, -0.25) is 0 Å². The Labute approximate surface area is 83.2 Å². The molecule has 0 aliphatic heterocycles. The lowest BCUT2D eigenvalue weighted by molar-refractivity contribution is -0.170. The molecular weight excluding hydrogens is 178 g/mol. The van der Waals surface area contributed by atoms with Crippen LogP contribution >= 0.6 is 0 Å². The molecule has 2 rings (SSSR count). The van der Waals surface area contributed by atoms with Gasteiger partial charge in [0, 0.05) is 5.56 Å². The molecule has 0 saturated carbocycles. The molecule has 0 fully saturated rings. The first-order valence-corrected chi connectivity index (χ1v) is 4.89. The summed E-state index contributed by atoms with van der Waals surface area (Å²) < 4.78 is 0. The molecule has 1 aliphatic carbocycles. The van der Waals surface area contributed by atoms with Crippen molar-refractivity contribution in [1.82, 2.24) is 5.73 Å². The summed E-state index contributed by atoms with van der Waals surface area (Å²) >= 11 is 0. The monoisotopic (exact) mass is 192 g/mol. The van der Waals surface area contributed by atoms with Gasteiger partial charge in [0.2, 0.25) is 0 Å². The van der Waals surface area contributed by atoms with Gasteiger partial charge < -0.3 is 10.2 Å². The number of hydrogen-bond acceptors (Lipinski definition) is 2. The summed E-state index contributed by atoms with van der Waals surface area (Å²) in [6.07, 6.45) is 4.41. The first kappa shape index (κ1) is 9.65. The second-order valence-corrected chi connectivity index (χ2v) is 3.86. The highest BCUT2D eigenvalue weighted by Gasteiger charge is 2.22. The van der Waals surface area contributed by atoms with Gasteiger partial charge in [0.15, 0.2) is 0 Å². The maximum absolute atomic E-state index is 9.11. The van der Waals surface area contributed by atoms with Crippen molar-refractivity contribution < 1.29 is 10.2 Å². The lowest BCUT2D eigenvalue weighted by Gasteiger charge is -2.20. The van der Waals surface area contributed by atoms with E-state index in [0.29, 0.717) is 0 Å². The molecule has 0 saturated heterocycles. The smallest absolute Gasteiger partial charge is 0.263 e. The molecule has 3 nitrogen and oxygen atoms in total. The Kier molecular flexibility index (Phi) is 2.31. The summed E-state index contributed by atoms with van der Waals surface area (Å²) in [6.45, 7) is 0. The van der Waals surface area contributed by atoms with Gasteiger partial charge in [-0.2, -0.15) is 5.73 Å². The molecule has 1 aliphatic rings. The van der Waals surface area contributed by atoms with Crippen molar-refractivity contribution in [1.29, 1.82) is 0 Å². The van der Waals surface area contributed by atoms with E-state index < -0.39 is 5.91 Å². The predicted octanol–water partition coefficient (Wildman–Crippen LogP) is 0.943. The fourth-order valence-corrected chi connectivity index (χ4v) is 1.95. The molecular formula is C11H14NO2. The quantitative estimate of drug-likeness (QED) is 0.650. The van der Waals surface area contributed by atoms with Crippen LogP contribution in [0.1, 0.15) is 29.5 Å². The molecule has 1 aromatic rings. The Bertz CT molecular complexity index is 342. The van der Waals surface area contributed by atoms with E-state index in [2.05, 4.69) is 0 Å². The van der Waals surface area contributed by atoms with Crippen LogP contribution in [-0.4, -0.2) is 10.2 Å². The lowest BCUT2D eigenvalue weighted by Crippen LogP contribution is -2.26. The highest BCUT2D eigenvalue weighted by atomic mass is 16.5. The molecule has 0 spiro atoms. The predicted molar refractivity (Wildman–Crippen MR) is 52.3 cm³/mol. The Morgan fingerprint density at radius 2 is 1.71 bits per heavy atom. The maximum Gasteiger partial charge on any atom is 0.263 e. The number of rotatable bonds is 1. The van der Waals surface area contributed by atoms with Crippen LogP contribution < -0.4 is 5.73 Å². The third-order valence-corrected chi connectivity index (χ3v) is 2.75. The Balaban J connectivity index is 2.39. The molecule has 0 aromatic heterocycles. The molecule has 3 N–H and O–H groups in total. The zero-order valence-electron chi connectivity index (χ0n) is 7.95. The molecule has 75 valence electrons. The first-order valence-electron chi connectivity index (χ1n) is 4.89. The van der Waals surface area contributed by atoms with Gasteiger partial charge in [-0.1, -0.05) is 12.1 Å². The third kappa shape index (κ3) is 1.80. The minimum atomic E-state index is -2.45. The van der Waals surface area contributed by atoms with Crippen LogP contribution in [0.5, 0.6) is 0 Å². The van der Waals surface area contributed by atoms with Crippen molar-refractivity contribution in [2.75, 3.05) is 0 Å². The number of nitrogens with one attached hydrogen (secondary N) is 1. The van der Waals surface area contributed by atoms with Gasteiger partial charge >= 0.3 is 0 Å². The van der Waals surface area contributed by atoms with Gasteiger partial charge in [-0.05, 0) is 42.9 Å². The Hall–Kier alpha value is -0.900. The van der Waals surface area contributed by atoms with E-state index in [-0.39, 0.29) is 5.56 Å². The van der Waals surface area contributed by atoms with Gasteiger partial charge in [-0.25, -0.2) is 0 Å². The standard InChI is InChI=1S/C11H14NO2/c12-11(13,14)10-6-5-8-3-1-2-4-9(8)7-10/h5-7,12-14H,1-4H2. The van der Waals surface area contributed by atoms with E-state index in [4.69, 9.17) is 15.9 Å². The lowest BCUT2D eigenvalue weighted by atomic mass is 9.90. The van der Waals surface area contributed by atoms with Crippen LogP contribution in [0.2, 0.25) is 0 Å². The van der Waals surface area contributed by atoms with Crippen molar-refractivity contribution >= 4 is 0 Å². The van der Waals surface area contributed by atoms with Crippen LogP contribution in [0, 0.1) is 0 Å². The highest BCUT2D eigenvalue weighted by Crippen LogP contribution is 2.24. The summed E-state index contributed by atoms with van der Waals surface area (Å²) in [7, 11) is 0. The second-order valence-electron chi connectivity index (χ2n) is 3.86. The number of aryl methyl sites for hydroxylation is 2. The van der Waals surface area contributed by atoms with E-state index in [1.807, 2.05) is 6.07 Å². The summed E-state index contributed by atoms with van der Waals surface area (Å²) in [4.78, 5) is 0. The molecule has 3 heteroatoms. The van der Waals surface area contributed by atoms with E-state index in [9.17, 15) is 0 Å².